The van der Waals surface area contributed by atoms with Gasteiger partial charge < -0.3 is 20.1 Å². The molecule has 0 saturated carbocycles. The van der Waals surface area contributed by atoms with Gasteiger partial charge in [0.1, 0.15) is 6.61 Å². The molecule has 3 aliphatic rings. The van der Waals surface area contributed by atoms with Crippen LogP contribution in [-0.2, 0) is 35.5 Å². The third-order valence-electron chi connectivity index (χ3n) is 7.17. The van der Waals surface area contributed by atoms with Crippen molar-refractivity contribution in [3.63, 3.8) is 0 Å². The van der Waals surface area contributed by atoms with Gasteiger partial charge >= 0.3 is 0 Å². The van der Waals surface area contributed by atoms with Crippen LogP contribution in [-0.4, -0.2) is 70.3 Å². The first-order valence-electron chi connectivity index (χ1n) is 12.5. The Bertz CT molecular complexity index is 1360. The Morgan fingerprint density at radius 1 is 1.14 bits per heavy atom. The van der Waals surface area contributed by atoms with Gasteiger partial charge in [-0.05, 0) is 42.7 Å². The molecule has 0 atom stereocenters. The average Bonchev–Trinajstić information content (AvgIpc) is 3.55. The van der Waals surface area contributed by atoms with Crippen molar-refractivity contribution in [1.82, 2.24) is 20.0 Å². The molecule has 9 nitrogen and oxygen atoms in total. The number of nitrogens with one attached hydrogen (secondary N) is 1. The fourth-order valence-corrected chi connectivity index (χ4v) is 5.23. The lowest BCUT2D eigenvalue weighted by atomic mass is 10.1. The number of nitrogen functional groups attached to an aromatic ring is 1. The summed E-state index contributed by atoms with van der Waals surface area (Å²) in [5.74, 6) is 0.612. The van der Waals surface area contributed by atoms with E-state index >= 15 is 0 Å². The van der Waals surface area contributed by atoms with Crippen molar-refractivity contribution >= 4 is 28.4 Å². The molecule has 0 unspecified atom stereocenters. The zero-order valence-electron chi connectivity index (χ0n) is 20.8. The molecule has 1 saturated heterocycles. The molecule has 0 spiro atoms. The van der Waals surface area contributed by atoms with Crippen LogP contribution >= 0.6 is 0 Å². The Labute approximate surface area is 210 Å². The Balaban J connectivity index is 1.20. The molecule has 3 aliphatic heterocycles. The Morgan fingerprint density at radius 2 is 1.94 bits per heavy atom. The number of rotatable bonds is 5. The summed E-state index contributed by atoms with van der Waals surface area (Å²) in [6.07, 6.45) is 0.499. The molecular formula is C27H32N6O3. The number of anilines is 1. The molecule has 188 valence electrons. The van der Waals surface area contributed by atoms with E-state index in [9.17, 15) is 4.79 Å². The molecule has 0 aliphatic carbocycles. The maximum absolute atomic E-state index is 13.6. The van der Waals surface area contributed by atoms with E-state index in [1.54, 1.807) is 6.07 Å². The second-order valence-corrected chi connectivity index (χ2v) is 10.6. The summed E-state index contributed by atoms with van der Waals surface area (Å²) in [5.41, 5.74) is 12.3. The first-order valence-corrected chi connectivity index (χ1v) is 12.5. The summed E-state index contributed by atoms with van der Waals surface area (Å²) in [4.78, 5) is 22.5. The number of morpholine rings is 1. The van der Waals surface area contributed by atoms with Crippen molar-refractivity contribution in [2.45, 2.75) is 45.4 Å². The van der Waals surface area contributed by atoms with Crippen LogP contribution in [0.4, 0.5) is 5.69 Å². The SMILES string of the molecule is CC1(C)COC(Cc2[nH]nc3cc(N)c(C(=O)N4Cc5ccc(CN6CCOCC6)cc5C4)cc23)=N1. The minimum Gasteiger partial charge on any atom is -0.478 e. The zero-order chi connectivity index (χ0) is 24.9. The van der Waals surface area contributed by atoms with E-state index in [1.165, 1.54) is 16.7 Å². The fourth-order valence-electron chi connectivity index (χ4n) is 5.23. The van der Waals surface area contributed by atoms with Crippen LogP contribution in [0.15, 0.2) is 35.3 Å². The number of aromatic amines is 1. The molecule has 1 fully saturated rings. The van der Waals surface area contributed by atoms with Crippen LogP contribution < -0.4 is 5.73 Å². The molecule has 0 radical (unpaired) electrons. The molecule has 9 heteroatoms. The first-order chi connectivity index (χ1) is 17.3. The number of carbonyl (C=O) groups is 1. The molecule has 3 aromatic rings. The van der Waals surface area contributed by atoms with Crippen LogP contribution in [0.2, 0.25) is 0 Å². The summed E-state index contributed by atoms with van der Waals surface area (Å²) in [7, 11) is 0. The minimum atomic E-state index is -0.219. The zero-order valence-corrected chi connectivity index (χ0v) is 20.8. The standard InChI is InChI=1S/C27H32N6O3/c1-27(2)16-36-25(29-27)12-24-21-10-20(22(28)11-23(21)30-31-24)26(34)33-14-18-4-3-17(9-19(18)15-33)13-32-5-7-35-8-6-32/h3-4,9-11H,5-8,12-16,28H2,1-2H3,(H,30,31). The summed E-state index contributed by atoms with van der Waals surface area (Å²) >= 11 is 0. The minimum absolute atomic E-state index is 0.0666. The lowest BCUT2D eigenvalue weighted by molar-refractivity contribution is 0.0342. The number of hydrogen-bond acceptors (Lipinski definition) is 7. The highest BCUT2D eigenvalue weighted by Crippen LogP contribution is 2.30. The number of aromatic nitrogens is 2. The first kappa shape index (κ1) is 23.0. The maximum atomic E-state index is 13.6. The van der Waals surface area contributed by atoms with Gasteiger partial charge in [-0.2, -0.15) is 5.10 Å². The lowest BCUT2D eigenvalue weighted by Crippen LogP contribution is -2.35. The predicted molar refractivity (Wildman–Crippen MR) is 138 cm³/mol. The summed E-state index contributed by atoms with van der Waals surface area (Å²) in [6, 6.07) is 10.2. The van der Waals surface area contributed by atoms with Crippen molar-refractivity contribution < 1.29 is 14.3 Å². The molecule has 3 N–H and O–H groups in total. The molecule has 6 rings (SSSR count). The monoisotopic (exact) mass is 488 g/mol. The number of H-pyrrole nitrogens is 1. The third kappa shape index (κ3) is 4.44. The van der Waals surface area contributed by atoms with E-state index in [0.717, 1.165) is 49.4 Å². The normalized spacial score (nSPS) is 19.4. The van der Waals surface area contributed by atoms with E-state index in [0.29, 0.717) is 43.3 Å². The smallest absolute Gasteiger partial charge is 0.256 e. The molecule has 36 heavy (non-hydrogen) atoms. The second-order valence-electron chi connectivity index (χ2n) is 10.6. The van der Waals surface area contributed by atoms with Crippen LogP contribution in [0.5, 0.6) is 0 Å². The number of benzene rings is 2. The lowest BCUT2D eigenvalue weighted by Gasteiger charge is -2.26. The van der Waals surface area contributed by atoms with Crippen LogP contribution in [0, 0.1) is 0 Å². The van der Waals surface area contributed by atoms with Crippen LogP contribution in [0.3, 0.4) is 0 Å². The van der Waals surface area contributed by atoms with Crippen LogP contribution in [0.1, 0.15) is 46.6 Å². The number of fused-ring (bicyclic) bond motifs is 2. The fraction of sp³-hybridized carbons (Fsp3) is 0.444. The van der Waals surface area contributed by atoms with Crippen molar-refractivity contribution in [3.05, 3.63) is 58.3 Å². The topological polar surface area (TPSA) is 109 Å². The van der Waals surface area contributed by atoms with Gasteiger partial charge in [-0.25, -0.2) is 4.99 Å². The van der Waals surface area contributed by atoms with E-state index in [-0.39, 0.29) is 11.4 Å². The second kappa shape index (κ2) is 8.90. The number of amides is 1. The van der Waals surface area contributed by atoms with E-state index in [2.05, 4.69) is 38.3 Å². The van der Waals surface area contributed by atoms with Gasteiger partial charge in [0.2, 0.25) is 0 Å². The summed E-state index contributed by atoms with van der Waals surface area (Å²) in [6.45, 7) is 10.2. The Kier molecular flexibility index (Phi) is 5.69. The number of nitrogens with zero attached hydrogens (tertiary/aromatic N) is 4. The van der Waals surface area contributed by atoms with Crippen molar-refractivity contribution in [3.8, 4) is 0 Å². The van der Waals surface area contributed by atoms with Gasteiger partial charge in [0.15, 0.2) is 5.90 Å². The quantitative estimate of drug-likeness (QED) is 0.535. The van der Waals surface area contributed by atoms with E-state index in [1.807, 2.05) is 24.8 Å². The van der Waals surface area contributed by atoms with Crippen molar-refractivity contribution in [2.24, 2.45) is 4.99 Å². The Hall–Kier alpha value is -3.43. The highest BCUT2D eigenvalue weighted by atomic mass is 16.5. The molecule has 4 heterocycles. The largest absolute Gasteiger partial charge is 0.478 e. The summed E-state index contributed by atoms with van der Waals surface area (Å²) in [5, 5.41) is 8.34. The highest BCUT2D eigenvalue weighted by Gasteiger charge is 2.29. The number of carbonyl (C=O) groups excluding carboxylic acids is 1. The van der Waals surface area contributed by atoms with E-state index < -0.39 is 0 Å². The third-order valence-corrected chi connectivity index (χ3v) is 7.17. The van der Waals surface area contributed by atoms with Gasteiger partial charge in [-0.3, -0.25) is 14.8 Å². The van der Waals surface area contributed by atoms with Crippen LogP contribution in [0.25, 0.3) is 10.9 Å². The molecular weight excluding hydrogens is 456 g/mol. The number of aliphatic imine (C=N–C) groups is 1. The molecule has 2 aromatic carbocycles. The van der Waals surface area contributed by atoms with Crippen molar-refractivity contribution in [2.75, 3.05) is 38.6 Å². The number of nitrogens with two attached hydrogens (primary N) is 1. The van der Waals surface area contributed by atoms with E-state index in [4.69, 9.17) is 15.2 Å². The number of ether oxygens (including phenoxy) is 2. The predicted octanol–water partition coefficient (Wildman–Crippen LogP) is 2.88. The van der Waals surface area contributed by atoms with Gasteiger partial charge in [-0.15, -0.1) is 0 Å². The summed E-state index contributed by atoms with van der Waals surface area (Å²) < 4.78 is 11.2. The molecule has 1 amide bonds. The van der Waals surface area contributed by atoms with Gasteiger partial charge in [0.05, 0.1) is 41.9 Å². The molecule has 1 aromatic heterocycles. The average molecular weight is 489 g/mol. The van der Waals surface area contributed by atoms with Gasteiger partial charge in [0.25, 0.3) is 5.91 Å². The van der Waals surface area contributed by atoms with Gasteiger partial charge in [0, 0.05) is 43.8 Å². The molecule has 0 bridgehead atoms. The maximum Gasteiger partial charge on any atom is 0.256 e. The highest BCUT2D eigenvalue weighted by molar-refractivity contribution is 6.04. The number of hydrogen-bond donors (Lipinski definition) is 2. The van der Waals surface area contributed by atoms with Gasteiger partial charge in [-0.1, -0.05) is 18.2 Å². The van der Waals surface area contributed by atoms with Crippen molar-refractivity contribution in [1.29, 1.82) is 0 Å². The Morgan fingerprint density at radius 3 is 2.72 bits per heavy atom.